The Morgan fingerprint density at radius 2 is 1.62 bits per heavy atom. The second-order valence-electron chi connectivity index (χ2n) is 5.52. The lowest BCUT2D eigenvalue weighted by Crippen LogP contribution is -2.47. The van der Waals surface area contributed by atoms with E-state index in [2.05, 4.69) is 31.9 Å². The van der Waals surface area contributed by atoms with Gasteiger partial charge in [-0.05, 0) is 26.0 Å². The van der Waals surface area contributed by atoms with Crippen molar-refractivity contribution in [1.82, 2.24) is 9.97 Å². The molecule has 0 N–H and O–H groups in total. The summed E-state index contributed by atoms with van der Waals surface area (Å²) in [5.74, 6) is 2.51. The summed E-state index contributed by atoms with van der Waals surface area (Å²) in [7, 11) is 0. The van der Waals surface area contributed by atoms with E-state index in [9.17, 15) is 0 Å². The van der Waals surface area contributed by atoms with Crippen molar-refractivity contribution in [2.75, 3.05) is 49.2 Å². The van der Waals surface area contributed by atoms with Gasteiger partial charge in [0.15, 0.2) is 0 Å². The van der Waals surface area contributed by atoms with E-state index in [1.807, 2.05) is 32.0 Å². The van der Waals surface area contributed by atoms with Crippen molar-refractivity contribution in [3.05, 3.63) is 36.7 Å². The van der Waals surface area contributed by atoms with Crippen LogP contribution in [0.2, 0.25) is 0 Å². The number of hydrogen-bond acceptors (Lipinski definition) is 6. The number of aromatic nitrogens is 2. The van der Waals surface area contributed by atoms with Crippen LogP contribution in [0.3, 0.4) is 0 Å². The average molecular weight is 328 g/mol. The second kappa shape index (κ2) is 7.86. The van der Waals surface area contributed by atoms with Crippen LogP contribution < -0.4 is 19.3 Å². The molecule has 1 fully saturated rings. The average Bonchev–Trinajstić information content (AvgIpc) is 2.63. The fourth-order valence-corrected chi connectivity index (χ4v) is 2.90. The van der Waals surface area contributed by atoms with Gasteiger partial charge in [-0.3, -0.25) is 0 Å². The first kappa shape index (κ1) is 16.4. The van der Waals surface area contributed by atoms with Crippen molar-refractivity contribution in [3.63, 3.8) is 0 Å². The Bertz CT molecular complexity index is 657. The topological polar surface area (TPSA) is 50.7 Å². The van der Waals surface area contributed by atoms with E-state index in [4.69, 9.17) is 9.47 Å². The van der Waals surface area contributed by atoms with Gasteiger partial charge in [0.2, 0.25) is 5.88 Å². The van der Waals surface area contributed by atoms with Crippen LogP contribution >= 0.6 is 0 Å². The Balaban J connectivity index is 1.67. The number of piperazine rings is 1. The van der Waals surface area contributed by atoms with Gasteiger partial charge in [-0.25, -0.2) is 9.97 Å². The first-order chi connectivity index (χ1) is 11.8. The summed E-state index contributed by atoms with van der Waals surface area (Å²) in [6.07, 6.45) is 1.57. The molecule has 6 heteroatoms. The molecule has 128 valence electrons. The Hall–Kier alpha value is -2.50. The first-order valence-electron chi connectivity index (χ1n) is 8.48. The maximum absolute atomic E-state index is 5.75. The molecule has 0 radical (unpaired) electrons. The molecule has 6 nitrogen and oxygen atoms in total. The third kappa shape index (κ3) is 3.69. The molecule has 1 aromatic carbocycles. The van der Waals surface area contributed by atoms with Gasteiger partial charge in [0.05, 0.1) is 18.9 Å². The number of ether oxygens (including phenoxy) is 2. The zero-order chi connectivity index (χ0) is 16.8. The molecular weight excluding hydrogens is 304 g/mol. The maximum atomic E-state index is 5.75. The highest BCUT2D eigenvalue weighted by molar-refractivity contribution is 5.59. The molecule has 0 unspecified atom stereocenters. The van der Waals surface area contributed by atoms with Crippen molar-refractivity contribution >= 4 is 11.5 Å². The molecule has 0 amide bonds. The maximum Gasteiger partial charge on any atom is 0.218 e. The van der Waals surface area contributed by atoms with Gasteiger partial charge in [0.1, 0.15) is 17.9 Å². The highest BCUT2D eigenvalue weighted by Gasteiger charge is 2.21. The summed E-state index contributed by atoms with van der Waals surface area (Å²) in [5.41, 5.74) is 1.16. The monoisotopic (exact) mass is 328 g/mol. The van der Waals surface area contributed by atoms with E-state index >= 15 is 0 Å². The lowest BCUT2D eigenvalue weighted by molar-refractivity contribution is 0.326. The molecule has 2 aromatic rings. The Morgan fingerprint density at radius 3 is 2.38 bits per heavy atom. The normalized spacial score (nSPS) is 14.6. The van der Waals surface area contributed by atoms with Gasteiger partial charge in [0, 0.05) is 32.2 Å². The van der Waals surface area contributed by atoms with Gasteiger partial charge in [-0.1, -0.05) is 12.1 Å². The van der Waals surface area contributed by atoms with Crippen LogP contribution in [0.4, 0.5) is 11.5 Å². The van der Waals surface area contributed by atoms with E-state index < -0.39 is 0 Å². The minimum absolute atomic E-state index is 0.610. The van der Waals surface area contributed by atoms with E-state index in [-0.39, 0.29) is 0 Å². The number of hydrogen-bond donors (Lipinski definition) is 0. The molecule has 0 saturated carbocycles. The summed E-state index contributed by atoms with van der Waals surface area (Å²) < 4.78 is 11.2. The smallest absolute Gasteiger partial charge is 0.218 e. The summed E-state index contributed by atoms with van der Waals surface area (Å²) in [6.45, 7) is 8.93. The van der Waals surface area contributed by atoms with Crippen LogP contribution in [0.25, 0.3) is 0 Å². The number of rotatable bonds is 6. The van der Waals surface area contributed by atoms with E-state index in [0.717, 1.165) is 43.4 Å². The third-order valence-electron chi connectivity index (χ3n) is 4.03. The summed E-state index contributed by atoms with van der Waals surface area (Å²) in [5, 5.41) is 0. The SMILES string of the molecule is CCOc1cc(N2CCN(c3ccccc3OCC)CC2)ncn1. The number of anilines is 2. The lowest BCUT2D eigenvalue weighted by atomic mass is 10.2. The van der Waals surface area contributed by atoms with Gasteiger partial charge in [-0.15, -0.1) is 0 Å². The van der Waals surface area contributed by atoms with Crippen LogP contribution in [0, 0.1) is 0 Å². The highest BCUT2D eigenvalue weighted by Crippen LogP contribution is 2.29. The fraction of sp³-hybridized carbons (Fsp3) is 0.444. The first-order valence-corrected chi connectivity index (χ1v) is 8.48. The van der Waals surface area contributed by atoms with E-state index in [1.165, 1.54) is 0 Å². The van der Waals surface area contributed by atoms with Crippen molar-refractivity contribution in [1.29, 1.82) is 0 Å². The molecule has 1 aromatic heterocycles. The van der Waals surface area contributed by atoms with Gasteiger partial charge in [0.25, 0.3) is 0 Å². The molecule has 24 heavy (non-hydrogen) atoms. The number of nitrogens with zero attached hydrogens (tertiary/aromatic N) is 4. The number of para-hydroxylation sites is 2. The molecule has 3 rings (SSSR count). The van der Waals surface area contributed by atoms with Crippen molar-refractivity contribution in [2.24, 2.45) is 0 Å². The summed E-state index contributed by atoms with van der Waals surface area (Å²) in [4.78, 5) is 13.1. The van der Waals surface area contributed by atoms with Gasteiger partial charge < -0.3 is 19.3 Å². The lowest BCUT2D eigenvalue weighted by Gasteiger charge is -2.37. The Labute approximate surface area is 143 Å². The molecule has 1 saturated heterocycles. The van der Waals surface area contributed by atoms with Gasteiger partial charge in [-0.2, -0.15) is 0 Å². The van der Waals surface area contributed by atoms with Crippen LogP contribution in [-0.4, -0.2) is 49.4 Å². The predicted molar refractivity (Wildman–Crippen MR) is 95.2 cm³/mol. The molecule has 1 aliphatic heterocycles. The standard InChI is InChI=1S/C18H24N4O2/c1-3-23-16-8-6-5-7-15(16)21-9-11-22(12-10-21)17-13-18(24-4-2)20-14-19-17/h5-8,13-14H,3-4,9-12H2,1-2H3. The molecule has 1 aliphatic rings. The third-order valence-corrected chi connectivity index (χ3v) is 4.03. The highest BCUT2D eigenvalue weighted by atomic mass is 16.5. The van der Waals surface area contributed by atoms with Gasteiger partial charge >= 0.3 is 0 Å². The summed E-state index contributed by atoms with van der Waals surface area (Å²) >= 11 is 0. The van der Waals surface area contributed by atoms with Crippen molar-refractivity contribution < 1.29 is 9.47 Å². The van der Waals surface area contributed by atoms with Crippen LogP contribution in [0.5, 0.6) is 11.6 Å². The zero-order valence-corrected chi connectivity index (χ0v) is 14.3. The zero-order valence-electron chi connectivity index (χ0n) is 14.3. The Kier molecular flexibility index (Phi) is 5.36. The van der Waals surface area contributed by atoms with Crippen LogP contribution in [0.1, 0.15) is 13.8 Å². The largest absolute Gasteiger partial charge is 0.492 e. The van der Waals surface area contributed by atoms with E-state index in [0.29, 0.717) is 19.1 Å². The Morgan fingerprint density at radius 1 is 0.917 bits per heavy atom. The molecule has 0 aliphatic carbocycles. The molecule has 0 spiro atoms. The quantitative estimate of drug-likeness (QED) is 0.812. The fourth-order valence-electron chi connectivity index (χ4n) is 2.90. The van der Waals surface area contributed by atoms with Crippen molar-refractivity contribution in [2.45, 2.75) is 13.8 Å². The van der Waals surface area contributed by atoms with Crippen LogP contribution in [-0.2, 0) is 0 Å². The summed E-state index contributed by atoms with van der Waals surface area (Å²) in [6, 6.07) is 10.1. The minimum atomic E-state index is 0.610. The molecule has 2 heterocycles. The second-order valence-corrected chi connectivity index (χ2v) is 5.52. The number of benzene rings is 1. The molecule has 0 bridgehead atoms. The molecule has 0 atom stereocenters. The van der Waals surface area contributed by atoms with Crippen molar-refractivity contribution in [3.8, 4) is 11.6 Å². The van der Waals surface area contributed by atoms with E-state index in [1.54, 1.807) is 6.33 Å². The van der Waals surface area contributed by atoms with Crippen LogP contribution in [0.15, 0.2) is 36.7 Å². The molecular formula is C18H24N4O2. The minimum Gasteiger partial charge on any atom is -0.492 e. The predicted octanol–water partition coefficient (Wildman–Crippen LogP) is 2.60.